The van der Waals surface area contributed by atoms with Crippen LogP contribution in [0.15, 0.2) is 17.0 Å². The average Bonchev–Trinajstić information content (AvgIpc) is 2.30. The molecule has 0 saturated heterocycles. The molecule has 19 heavy (non-hydrogen) atoms. The third-order valence-corrected chi connectivity index (χ3v) is 3.80. The Morgan fingerprint density at radius 3 is 2.47 bits per heavy atom. The first kappa shape index (κ1) is 15.4. The van der Waals surface area contributed by atoms with Crippen molar-refractivity contribution in [3.05, 3.63) is 33.6 Å². The smallest absolute Gasteiger partial charge is 0.342 e. The van der Waals surface area contributed by atoms with Crippen molar-refractivity contribution in [2.24, 2.45) is 0 Å². The lowest BCUT2D eigenvalue weighted by Crippen LogP contribution is -2.15. The van der Waals surface area contributed by atoms with Crippen LogP contribution in [0.3, 0.4) is 0 Å². The number of carbonyl (C=O) groups is 1. The number of nitro groups is 1. The second kappa shape index (κ2) is 5.98. The van der Waals surface area contributed by atoms with Gasteiger partial charge in [0.2, 0.25) is 0 Å². The van der Waals surface area contributed by atoms with Gasteiger partial charge in [0, 0.05) is 10.1 Å². The number of hydrogen-bond donors (Lipinski definition) is 2. The molecule has 0 spiro atoms. The molecular formula is C11H12FNO5S. The largest absolute Gasteiger partial charge is 0.477 e. The highest BCUT2D eigenvalue weighted by molar-refractivity contribution is 8.00. The molecule has 0 amide bonds. The molecule has 2 N–H and O–H groups in total. The van der Waals surface area contributed by atoms with Crippen LogP contribution in [0.1, 0.15) is 24.2 Å². The van der Waals surface area contributed by atoms with E-state index in [1.165, 1.54) is 6.92 Å². The van der Waals surface area contributed by atoms with Gasteiger partial charge in [-0.2, -0.15) is 0 Å². The Balaban J connectivity index is 3.25. The summed E-state index contributed by atoms with van der Waals surface area (Å²) in [6.45, 7) is 3.15. The Morgan fingerprint density at radius 2 is 2.05 bits per heavy atom. The number of aliphatic hydroxyl groups is 1. The molecule has 0 radical (unpaired) electrons. The van der Waals surface area contributed by atoms with Crippen molar-refractivity contribution in [1.29, 1.82) is 0 Å². The standard InChI is InChI=1S/C11H12FNO5S/c1-5(14)6(2)19-10-3-7(11(15)16)9(13(17)18)4-8(10)12/h3-6,14H,1-2H3,(H,15,16). The van der Waals surface area contributed by atoms with E-state index in [0.717, 1.165) is 17.8 Å². The molecule has 0 bridgehead atoms. The lowest BCUT2D eigenvalue weighted by Gasteiger charge is -2.14. The number of nitro benzene ring substituents is 1. The van der Waals surface area contributed by atoms with Crippen molar-refractivity contribution in [2.75, 3.05) is 0 Å². The number of carboxylic acid groups (broad SMARTS) is 1. The Kier molecular flexibility index (Phi) is 4.84. The van der Waals surface area contributed by atoms with Crippen LogP contribution in [-0.4, -0.2) is 32.5 Å². The van der Waals surface area contributed by atoms with Crippen molar-refractivity contribution >= 4 is 23.4 Å². The number of thioether (sulfide) groups is 1. The molecule has 0 saturated carbocycles. The van der Waals surface area contributed by atoms with Crippen molar-refractivity contribution < 1.29 is 24.3 Å². The van der Waals surface area contributed by atoms with E-state index in [1.807, 2.05) is 0 Å². The van der Waals surface area contributed by atoms with E-state index in [4.69, 9.17) is 5.11 Å². The molecule has 2 atom stereocenters. The normalized spacial score (nSPS) is 13.9. The first-order valence-corrected chi connectivity index (χ1v) is 6.18. The van der Waals surface area contributed by atoms with Crippen LogP contribution in [-0.2, 0) is 0 Å². The number of carboxylic acids is 1. The molecule has 0 aromatic heterocycles. The lowest BCUT2D eigenvalue weighted by atomic mass is 10.2. The highest BCUT2D eigenvalue weighted by Crippen LogP contribution is 2.32. The van der Waals surface area contributed by atoms with E-state index < -0.39 is 34.1 Å². The van der Waals surface area contributed by atoms with Crippen LogP contribution in [0.4, 0.5) is 10.1 Å². The number of nitrogens with zero attached hydrogens (tertiary/aromatic N) is 1. The molecule has 0 aliphatic rings. The Labute approximate surface area is 112 Å². The van der Waals surface area contributed by atoms with E-state index in [-0.39, 0.29) is 10.1 Å². The molecule has 8 heteroatoms. The maximum Gasteiger partial charge on any atom is 0.342 e. The van der Waals surface area contributed by atoms with E-state index in [1.54, 1.807) is 6.92 Å². The number of hydrogen-bond acceptors (Lipinski definition) is 5. The summed E-state index contributed by atoms with van der Waals surface area (Å²) in [6.07, 6.45) is -0.729. The van der Waals surface area contributed by atoms with Gasteiger partial charge in [-0.1, -0.05) is 6.92 Å². The Morgan fingerprint density at radius 1 is 1.47 bits per heavy atom. The fourth-order valence-electron chi connectivity index (χ4n) is 1.25. The van der Waals surface area contributed by atoms with Gasteiger partial charge >= 0.3 is 5.97 Å². The van der Waals surface area contributed by atoms with E-state index in [9.17, 15) is 24.4 Å². The van der Waals surface area contributed by atoms with Crippen LogP contribution in [0.25, 0.3) is 0 Å². The minimum absolute atomic E-state index is 0.0450. The van der Waals surface area contributed by atoms with Crippen LogP contribution in [0, 0.1) is 15.9 Å². The number of halogens is 1. The van der Waals surface area contributed by atoms with Gasteiger partial charge in [0.25, 0.3) is 5.69 Å². The maximum atomic E-state index is 13.7. The number of aromatic carboxylic acids is 1. The minimum atomic E-state index is -1.50. The molecule has 0 fully saturated rings. The molecule has 0 heterocycles. The predicted molar refractivity (Wildman–Crippen MR) is 67.0 cm³/mol. The van der Waals surface area contributed by atoms with Crippen molar-refractivity contribution in [3.8, 4) is 0 Å². The quantitative estimate of drug-likeness (QED) is 0.490. The first-order chi connectivity index (χ1) is 8.73. The zero-order chi connectivity index (χ0) is 14.7. The second-order valence-electron chi connectivity index (χ2n) is 3.93. The summed E-state index contributed by atoms with van der Waals surface area (Å²) >= 11 is 0.919. The second-order valence-corrected chi connectivity index (χ2v) is 5.34. The van der Waals surface area contributed by atoms with Gasteiger partial charge in [-0.15, -0.1) is 11.8 Å². The Bertz CT molecular complexity index is 520. The lowest BCUT2D eigenvalue weighted by molar-refractivity contribution is -0.385. The highest BCUT2D eigenvalue weighted by atomic mass is 32.2. The fraction of sp³-hybridized carbons (Fsp3) is 0.364. The molecule has 104 valence electrons. The van der Waals surface area contributed by atoms with Crippen molar-refractivity contribution in [2.45, 2.75) is 30.1 Å². The van der Waals surface area contributed by atoms with E-state index >= 15 is 0 Å². The monoisotopic (exact) mass is 289 g/mol. The third-order valence-electron chi connectivity index (χ3n) is 2.47. The molecule has 1 aromatic carbocycles. The summed E-state index contributed by atoms with van der Waals surface area (Å²) in [7, 11) is 0. The summed E-state index contributed by atoms with van der Waals surface area (Å²) in [5.41, 5.74) is -1.37. The average molecular weight is 289 g/mol. The number of benzene rings is 1. The zero-order valence-electron chi connectivity index (χ0n) is 10.2. The number of rotatable bonds is 5. The topological polar surface area (TPSA) is 101 Å². The summed E-state index contributed by atoms with van der Waals surface area (Å²) in [5, 5.41) is 28.5. The van der Waals surface area contributed by atoms with Crippen molar-refractivity contribution in [3.63, 3.8) is 0 Å². The van der Waals surface area contributed by atoms with Gasteiger partial charge in [0.1, 0.15) is 11.4 Å². The van der Waals surface area contributed by atoms with E-state index in [2.05, 4.69) is 0 Å². The van der Waals surface area contributed by atoms with Crippen LogP contribution >= 0.6 is 11.8 Å². The summed E-state index contributed by atoms with van der Waals surface area (Å²) in [6, 6.07) is 1.50. The van der Waals surface area contributed by atoms with Crippen LogP contribution in [0.2, 0.25) is 0 Å². The molecule has 1 rings (SSSR count). The summed E-state index contributed by atoms with van der Waals surface area (Å²) < 4.78 is 13.7. The molecule has 0 aliphatic heterocycles. The van der Waals surface area contributed by atoms with Gasteiger partial charge in [-0.3, -0.25) is 10.1 Å². The zero-order valence-corrected chi connectivity index (χ0v) is 11.0. The third kappa shape index (κ3) is 3.65. The van der Waals surface area contributed by atoms with E-state index in [0.29, 0.717) is 6.07 Å². The summed E-state index contributed by atoms with van der Waals surface area (Å²) in [4.78, 5) is 20.6. The van der Waals surface area contributed by atoms with Crippen LogP contribution < -0.4 is 0 Å². The minimum Gasteiger partial charge on any atom is -0.477 e. The molecule has 1 aromatic rings. The van der Waals surface area contributed by atoms with Gasteiger partial charge < -0.3 is 10.2 Å². The Hall–Kier alpha value is -1.67. The predicted octanol–water partition coefficient (Wildman–Crippen LogP) is 2.29. The molecule has 2 unspecified atom stereocenters. The molecule has 0 aliphatic carbocycles. The van der Waals surface area contributed by atoms with Gasteiger partial charge in [0.15, 0.2) is 0 Å². The number of aliphatic hydroxyl groups excluding tert-OH is 1. The molecular weight excluding hydrogens is 277 g/mol. The van der Waals surface area contributed by atoms with Gasteiger partial charge in [-0.05, 0) is 13.0 Å². The van der Waals surface area contributed by atoms with Gasteiger partial charge in [-0.25, -0.2) is 9.18 Å². The first-order valence-electron chi connectivity index (χ1n) is 5.30. The fourth-order valence-corrected chi connectivity index (χ4v) is 2.21. The SMILES string of the molecule is CC(O)C(C)Sc1cc(C(=O)O)c([N+](=O)[O-])cc1F. The highest BCUT2D eigenvalue weighted by Gasteiger charge is 2.24. The summed E-state index contributed by atoms with van der Waals surface area (Å²) in [5.74, 6) is -2.38. The maximum absolute atomic E-state index is 13.7. The van der Waals surface area contributed by atoms with Crippen LogP contribution in [0.5, 0.6) is 0 Å². The molecule has 6 nitrogen and oxygen atoms in total. The van der Waals surface area contributed by atoms with Gasteiger partial charge in [0.05, 0.1) is 17.1 Å². The van der Waals surface area contributed by atoms with Crippen molar-refractivity contribution in [1.82, 2.24) is 0 Å².